The highest BCUT2D eigenvalue weighted by molar-refractivity contribution is 5.06. The summed E-state index contributed by atoms with van der Waals surface area (Å²) in [5.41, 5.74) is 7.84. The summed E-state index contributed by atoms with van der Waals surface area (Å²) in [6.45, 7) is 2.27. The highest BCUT2D eigenvalue weighted by Crippen LogP contribution is 2.22. The molecule has 0 fully saturated rings. The van der Waals surface area contributed by atoms with Gasteiger partial charge in [0.05, 0.1) is 0 Å². The lowest BCUT2D eigenvalue weighted by Gasteiger charge is -2.17. The van der Waals surface area contributed by atoms with Gasteiger partial charge in [-0.3, -0.25) is 0 Å². The van der Waals surface area contributed by atoms with Gasteiger partial charge in [0.15, 0.2) is 0 Å². The Labute approximate surface area is 108 Å². The Morgan fingerprint density at radius 1 is 1.12 bits per heavy atom. The van der Waals surface area contributed by atoms with Crippen molar-refractivity contribution in [3.05, 3.63) is 11.6 Å². The maximum atomic E-state index is 6.20. The SMILES string of the molecule is CCCCCCCCC(N)CC1=CCCCC1. The van der Waals surface area contributed by atoms with Crippen LogP contribution in [0.25, 0.3) is 0 Å². The highest BCUT2D eigenvalue weighted by atomic mass is 14.6. The van der Waals surface area contributed by atoms with E-state index in [1.54, 1.807) is 5.57 Å². The smallest absolute Gasteiger partial charge is 0.00760 e. The van der Waals surface area contributed by atoms with Gasteiger partial charge in [0.2, 0.25) is 0 Å². The quantitative estimate of drug-likeness (QED) is 0.445. The summed E-state index contributed by atoms with van der Waals surface area (Å²) in [6, 6.07) is 0.422. The van der Waals surface area contributed by atoms with Crippen molar-refractivity contribution in [2.75, 3.05) is 0 Å². The van der Waals surface area contributed by atoms with Gasteiger partial charge in [0, 0.05) is 6.04 Å². The fourth-order valence-electron chi connectivity index (χ4n) is 2.72. The molecule has 1 heteroatoms. The second kappa shape index (κ2) is 9.70. The molecule has 0 saturated carbocycles. The molecule has 1 atom stereocenters. The molecule has 1 aliphatic carbocycles. The fourth-order valence-corrected chi connectivity index (χ4v) is 2.72. The monoisotopic (exact) mass is 237 g/mol. The molecule has 0 aromatic rings. The molecule has 0 radical (unpaired) electrons. The highest BCUT2D eigenvalue weighted by Gasteiger charge is 2.08. The summed E-state index contributed by atoms with van der Waals surface area (Å²) in [7, 11) is 0. The molecule has 0 saturated heterocycles. The van der Waals surface area contributed by atoms with Crippen LogP contribution in [-0.4, -0.2) is 6.04 Å². The second-order valence-electron chi connectivity index (χ2n) is 5.63. The Kier molecular flexibility index (Phi) is 8.42. The van der Waals surface area contributed by atoms with Crippen LogP contribution >= 0.6 is 0 Å². The third-order valence-corrected chi connectivity index (χ3v) is 3.84. The first-order chi connectivity index (χ1) is 8.33. The van der Waals surface area contributed by atoms with Crippen LogP contribution < -0.4 is 5.73 Å². The Morgan fingerprint density at radius 2 is 1.88 bits per heavy atom. The molecule has 0 amide bonds. The molecular weight excluding hydrogens is 206 g/mol. The fraction of sp³-hybridized carbons (Fsp3) is 0.875. The van der Waals surface area contributed by atoms with E-state index in [4.69, 9.17) is 5.73 Å². The van der Waals surface area contributed by atoms with E-state index >= 15 is 0 Å². The van der Waals surface area contributed by atoms with E-state index in [0.29, 0.717) is 6.04 Å². The minimum atomic E-state index is 0.422. The molecule has 0 aliphatic heterocycles. The van der Waals surface area contributed by atoms with Crippen LogP contribution in [0.15, 0.2) is 11.6 Å². The lowest BCUT2D eigenvalue weighted by atomic mass is 9.92. The lowest BCUT2D eigenvalue weighted by molar-refractivity contribution is 0.520. The maximum Gasteiger partial charge on any atom is 0.00760 e. The van der Waals surface area contributed by atoms with Crippen LogP contribution in [0.1, 0.15) is 84.0 Å². The predicted molar refractivity (Wildman–Crippen MR) is 77.1 cm³/mol. The topological polar surface area (TPSA) is 26.0 Å². The maximum absolute atomic E-state index is 6.20. The zero-order valence-electron chi connectivity index (χ0n) is 11.7. The summed E-state index contributed by atoms with van der Waals surface area (Å²) in [4.78, 5) is 0. The minimum absolute atomic E-state index is 0.422. The van der Waals surface area contributed by atoms with Crippen molar-refractivity contribution >= 4 is 0 Å². The van der Waals surface area contributed by atoms with E-state index in [1.807, 2.05) is 0 Å². The Morgan fingerprint density at radius 3 is 2.59 bits per heavy atom. The summed E-state index contributed by atoms with van der Waals surface area (Å²) in [5.74, 6) is 0. The van der Waals surface area contributed by atoms with Gasteiger partial charge in [-0.05, 0) is 38.5 Å². The molecule has 1 aliphatic rings. The van der Waals surface area contributed by atoms with Gasteiger partial charge in [0.25, 0.3) is 0 Å². The number of rotatable bonds is 9. The standard InChI is InChI=1S/C16H31N/c1-2-3-4-5-6-10-13-16(17)14-15-11-8-7-9-12-15/h11,16H,2-10,12-14,17H2,1H3. The van der Waals surface area contributed by atoms with Crippen LogP contribution in [0.3, 0.4) is 0 Å². The normalized spacial score (nSPS) is 17.9. The molecule has 100 valence electrons. The Hall–Kier alpha value is -0.300. The van der Waals surface area contributed by atoms with Crippen molar-refractivity contribution in [3.8, 4) is 0 Å². The number of hydrogen-bond donors (Lipinski definition) is 1. The third-order valence-electron chi connectivity index (χ3n) is 3.84. The molecule has 17 heavy (non-hydrogen) atoms. The largest absolute Gasteiger partial charge is 0.327 e. The zero-order valence-corrected chi connectivity index (χ0v) is 11.7. The summed E-state index contributed by atoms with van der Waals surface area (Å²) in [6.07, 6.45) is 18.5. The van der Waals surface area contributed by atoms with Gasteiger partial charge in [-0.15, -0.1) is 0 Å². The first-order valence-corrected chi connectivity index (χ1v) is 7.76. The molecule has 0 bridgehead atoms. The van der Waals surface area contributed by atoms with Crippen LogP contribution in [0.4, 0.5) is 0 Å². The number of unbranched alkanes of at least 4 members (excludes halogenated alkanes) is 5. The summed E-state index contributed by atoms with van der Waals surface area (Å²) in [5, 5.41) is 0. The first-order valence-electron chi connectivity index (χ1n) is 7.76. The molecule has 0 aromatic heterocycles. The van der Waals surface area contributed by atoms with Crippen molar-refractivity contribution in [1.29, 1.82) is 0 Å². The van der Waals surface area contributed by atoms with E-state index in [1.165, 1.54) is 70.6 Å². The molecule has 2 N–H and O–H groups in total. The summed E-state index contributed by atoms with van der Waals surface area (Å²) < 4.78 is 0. The molecule has 1 unspecified atom stereocenters. The van der Waals surface area contributed by atoms with Gasteiger partial charge >= 0.3 is 0 Å². The van der Waals surface area contributed by atoms with Crippen molar-refractivity contribution in [2.24, 2.45) is 5.73 Å². The zero-order chi connectivity index (χ0) is 12.3. The van der Waals surface area contributed by atoms with Crippen LogP contribution in [0.5, 0.6) is 0 Å². The van der Waals surface area contributed by atoms with Crippen LogP contribution in [0, 0.1) is 0 Å². The molecule has 0 spiro atoms. The molecule has 1 rings (SSSR count). The molecule has 0 heterocycles. The van der Waals surface area contributed by atoms with E-state index in [2.05, 4.69) is 13.0 Å². The molecule has 1 nitrogen and oxygen atoms in total. The van der Waals surface area contributed by atoms with E-state index in [9.17, 15) is 0 Å². The third kappa shape index (κ3) is 7.59. The van der Waals surface area contributed by atoms with Crippen LogP contribution in [0.2, 0.25) is 0 Å². The van der Waals surface area contributed by atoms with Crippen molar-refractivity contribution in [2.45, 2.75) is 90.0 Å². The first kappa shape index (κ1) is 14.8. The number of hydrogen-bond acceptors (Lipinski definition) is 1. The lowest BCUT2D eigenvalue weighted by Crippen LogP contribution is -2.20. The second-order valence-corrected chi connectivity index (χ2v) is 5.63. The van der Waals surface area contributed by atoms with E-state index < -0.39 is 0 Å². The Bertz CT molecular complexity index is 208. The van der Waals surface area contributed by atoms with Crippen molar-refractivity contribution < 1.29 is 0 Å². The Balaban J connectivity index is 1.97. The van der Waals surface area contributed by atoms with E-state index in [0.717, 1.165) is 6.42 Å². The van der Waals surface area contributed by atoms with Crippen LogP contribution in [-0.2, 0) is 0 Å². The van der Waals surface area contributed by atoms with Gasteiger partial charge in [-0.25, -0.2) is 0 Å². The summed E-state index contributed by atoms with van der Waals surface area (Å²) >= 11 is 0. The van der Waals surface area contributed by atoms with Gasteiger partial charge < -0.3 is 5.73 Å². The number of allylic oxidation sites excluding steroid dienone is 1. The average Bonchev–Trinajstić information content (AvgIpc) is 2.35. The minimum Gasteiger partial charge on any atom is -0.327 e. The van der Waals surface area contributed by atoms with E-state index in [-0.39, 0.29) is 0 Å². The van der Waals surface area contributed by atoms with Gasteiger partial charge in [0.1, 0.15) is 0 Å². The van der Waals surface area contributed by atoms with Crippen molar-refractivity contribution in [1.82, 2.24) is 0 Å². The predicted octanol–water partition coefficient (Wildman–Crippen LogP) is 4.95. The van der Waals surface area contributed by atoms with Crippen molar-refractivity contribution in [3.63, 3.8) is 0 Å². The molecular formula is C16H31N. The molecule has 0 aromatic carbocycles. The van der Waals surface area contributed by atoms with Gasteiger partial charge in [-0.2, -0.15) is 0 Å². The number of nitrogens with two attached hydrogens (primary N) is 1. The van der Waals surface area contributed by atoms with Gasteiger partial charge in [-0.1, -0.05) is 57.1 Å². The average molecular weight is 237 g/mol.